The van der Waals surface area contributed by atoms with Crippen LogP contribution in [0.15, 0.2) is 0 Å². The molecule has 2 heterocycles. The summed E-state index contributed by atoms with van der Waals surface area (Å²) in [7, 11) is 0. The van der Waals surface area contributed by atoms with Crippen molar-refractivity contribution in [3.8, 4) is 0 Å². The number of carbonyl (C=O) groups is 1. The lowest BCUT2D eigenvalue weighted by atomic mass is 10.3. The average Bonchev–Trinajstić information content (AvgIpc) is 2.70. The number of nitrogens with zero attached hydrogens (tertiary/aromatic N) is 3. The Kier molecular flexibility index (Phi) is 5.41. The molecule has 1 aromatic heterocycles. The van der Waals surface area contributed by atoms with Gasteiger partial charge in [0.25, 0.3) is 5.91 Å². The third-order valence-corrected chi connectivity index (χ3v) is 4.73. The summed E-state index contributed by atoms with van der Waals surface area (Å²) in [6.07, 6.45) is 0.922. The maximum Gasteiger partial charge on any atom is 0.267 e. The molecule has 0 spiro atoms. The van der Waals surface area contributed by atoms with Crippen LogP contribution in [0.2, 0.25) is 0 Å². The first-order valence-corrected chi connectivity index (χ1v) is 8.30. The normalized spacial score (nSPS) is 19.4. The minimum absolute atomic E-state index is 0.0271. The quantitative estimate of drug-likeness (QED) is 0.918. The topological polar surface area (TPSA) is 71.7 Å². The summed E-state index contributed by atoms with van der Waals surface area (Å²) in [4.78, 5) is 21.5. The zero-order valence-electron chi connectivity index (χ0n) is 13.0. The molecule has 1 aliphatic heterocycles. The first-order chi connectivity index (χ1) is 10.1. The Morgan fingerprint density at radius 3 is 2.90 bits per heavy atom. The van der Waals surface area contributed by atoms with Crippen LogP contribution in [0.25, 0.3) is 0 Å². The molecule has 1 fully saturated rings. The monoisotopic (exact) mass is 312 g/mol. The van der Waals surface area contributed by atoms with Gasteiger partial charge in [-0.2, -0.15) is 0 Å². The largest absolute Gasteiger partial charge is 0.382 e. The van der Waals surface area contributed by atoms with Gasteiger partial charge in [0.1, 0.15) is 10.7 Å². The number of nitrogens with two attached hydrogens (primary N) is 1. The third kappa shape index (κ3) is 3.65. The molecule has 7 heteroatoms. The highest BCUT2D eigenvalue weighted by atomic mass is 32.1. The van der Waals surface area contributed by atoms with E-state index in [-0.39, 0.29) is 12.0 Å². The van der Waals surface area contributed by atoms with E-state index in [1.54, 1.807) is 0 Å². The van der Waals surface area contributed by atoms with Crippen LogP contribution in [-0.2, 0) is 4.74 Å². The molecule has 1 atom stereocenters. The molecule has 21 heavy (non-hydrogen) atoms. The fourth-order valence-corrected chi connectivity index (χ4v) is 3.51. The third-order valence-electron chi connectivity index (χ3n) is 3.61. The van der Waals surface area contributed by atoms with Crippen LogP contribution >= 0.6 is 11.3 Å². The maximum atomic E-state index is 12.7. The lowest BCUT2D eigenvalue weighted by molar-refractivity contribution is 0.0566. The van der Waals surface area contributed by atoms with Crippen molar-refractivity contribution in [2.75, 3.05) is 43.4 Å². The Morgan fingerprint density at radius 2 is 2.24 bits per heavy atom. The van der Waals surface area contributed by atoms with E-state index in [1.807, 2.05) is 11.8 Å². The second kappa shape index (κ2) is 7.09. The lowest BCUT2D eigenvalue weighted by Crippen LogP contribution is -2.35. The van der Waals surface area contributed by atoms with Crippen molar-refractivity contribution in [3.63, 3.8) is 0 Å². The molecule has 6 nitrogen and oxygen atoms in total. The van der Waals surface area contributed by atoms with Gasteiger partial charge in [-0.3, -0.25) is 4.79 Å². The van der Waals surface area contributed by atoms with Crippen LogP contribution in [0.3, 0.4) is 0 Å². The van der Waals surface area contributed by atoms with Crippen LogP contribution in [0.5, 0.6) is 0 Å². The molecule has 1 amide bonds. The molecule has 118 valence electrons. The Labute approximate surface area is 129 Å². The van der Waals surface area contributed by atoms with Crippen LogP contribution in [0.4, 0.5) is 10.9 Å². The smallest absolute Gasteiger partial charge is 0.267 e. The van der Waals surface area contributed by atoms with E-state index in [2.05, 4.69) is 23.7 Å². The summed E-state index contributed by atoms with van der Waals surface area (Å²) in [5.41, 5.74) is 5.96. The van der Waals surface area contributed by atoms with Crippen LogP contribution in [0, 0.1) is 0 Å². The Bertz CT molecular complexity index is 487. The molecular formula is C14H24N4O2S. The second-order valence-corrected chi connectivity index (χ2v) is 6.15. The van der Waals surface area contributed by atoms with Gasteiger partial charge in [0.15, 0.2) is 5.13 Å². The van der Waals surface area contributed by atoms with Crippen molar-refractivity contribution in [1.82, 2.24) is 9.88 Å². The number of anilines is 2. The summed E-state index contributed by atoms with van der Waals surface area (Å²) in [6, 6.07) is 0. The molecule has 2 N–H and O–H groups in total. The molecule has 1 saturated heterocycles. The molecule has 0 aliphatic carbocycles. The van der Waals surface area contributed by atoms with Gasteiger partial charge >= 0.3 is 0 Å². The highest BCUT2D eigenvalue weighted by Crippen LogP contribution is 2.29. The number of rotatable bonds is 4. The van der Waals surface area contributed by atoms with Gasteiger partial charge < -0.3 is 20.3 Å². The van der Waals surface area contributed by atoms with Gasteiger partial charge in [0, 0.05) is 32.8 Å². The van der Waals surface area contributed by atoms with Crippen molar-refractivity contribution in [3.05, 3.63) is 4.88 Å². The molecular weight excluding hydrogens is 288 g/mol. The highest BCUT2D eigenvalue weighted by Gasteiger charge is 2.26. The van der Waals surface area contributed by atoms with Crippen molar-refractivity contribution < 1.29 is 9.53 Å². The summed E-state index contributed by atoms with van der Waals surface area (Å²) in [5, 5.41) is 0.819. The predicted octanol–water partition coefficient (Wildman–Crippen LogP) is 1.82. The number of amides is 1. The van der Waals surface area contributed by atoms with E-state index < -0.39 is 0 Å². The van der Waals surface area contributed by atoms with Crippen molar-refractivity contribution in [1.29, 1.82) is 0 Å². The minimum Gasteiger partial charge on any atom is -0.382 e. The Hall–Kier alpha value is -1.34. The second-order valence-electron chi connectivity index (χ2n) is 5.17. The Morgan fingerprint density at radius 1 is 1.52 bits per heavy atom. The molecule has 0 saturated carbocycles. The van der Waals surface area contributed by atoms with Gasteiger partial charge in [-0.1, -0.05) is 11.3 Å². The van der Waals surface area contributed by atoms with Crippen LogP contribution in [-0.4, -0.2) is 54.7 Å². The summed E-state index contributed by atoms with van der Waals surface area (Å²) >= 11 is 1.38. The van der Waals surface area contributed by atoms with Gasteiger partial charge in [-0.25, -0.2) is 4.98 Å². The van der Waals surface area contributed by atoms with Crippen LogP contribution in [0.1, 0.15) is 36.9 Å². The van der Waals surface area contributed by atoms with E-state index in [0.29, 0.717) is 30.4 Å². The van der Waals surface area contributed by atoms with Gasteiger partial charge in [-0.05, 0) is 27.2 Å². The van der Waals surface area contributed by atoms with Gasteiger partial charge in [-0.15, -0.1) is 0 Å². The molecule has 0 bridgehead atoms. The zero-order valence-corrected chi connectivity index (χ0v) is 13.8. The fourth-order valence-electron chi connectivity index (χ4n) is 2.43. The molecule has 1 aliphatic rings. The SMILES string of the molecule is CCN(CC)c1nc(N)c(C(=O)N2CCCOC(C)C2)s1. The van der Waals surface area contributed by atoms with E-state index >= 15 is 0 Å². The van der Waals surface area contributed by atoms with E-state index in [9.17, 15) is 4.79 Å². The standard InChI is InChI=1S/C14H24N4O2S/c1-4-17(5-2)14-16-12(15)11(21-14)13(19)18-7-6-8-20-10(3)9-18/h10H,4-9,15H2,1-3H3. The molecule has 2 rings (SSSR count). The number of nitrogen functional groups attached to an aromatic ring is 1. The highest BCUT2D eigenvalue weighted by molar-refractivity contribution is 7.18. The summed E-state index contributed by atoms with van der Waals surface area (Å²) in [6.45, 7) is 9.85. The molecule has 0 radical (unpaired) electrons. The maximum absolute atomic E-state index is 12.7. The average molecular weight is 312 g/mol. The first-order valence-electron chi connectivity index (χ1n) is 7.48. The molecule has 1 aromatic rings. The predicted molar refractivity (Wildman–Crippen MR) is 86.0 cm³/mol. The zero-order chi connectivity index (χ0) is 15.4. The number of hydrogen-bond donors (Lipinski definition) is 1. The summed E-state index contributed by atoms with van der Waals surface area (Å²) in [5.74, 6) is 0.311. The van der Waals surface area contributed by atoms with Crippen molar-refractivity contribution in [2.24, 2.45) is 0 Å². The number of ether oxygens (including phenoxy) is 1. The lowest BCUT2D eigenvalue weighted by Gasteiger charge is -2.21. The van der Waals surface area contributed by atoms with E-state index in [4.69, 9.17) is 10.5 Å². The first kappa shape index (κ1) is 16.0. The summed E-state index contributed by atoms with van der Waals surface area (Å²) < 4.78 is 5.58. The van der Waals surface area contributed by atoms with E-state index in [1.165, 1.54) is 11.3 Å². The van der Waals surface area contributed by atoms with Crippen molar-refractivity contribution >= 4 is 28.2 Å². The van der Waals surface area contributed by atoms with Gasteiger partial charge in [0.05, 0.1) is 6.10 Å². The Balaban J connectivity index is 2.18. The van der Waals surface area contributed by atoms with E-state index in [0.717, 1.165) is 24.6 Å². The number of carbonyl (C=O) groups excluding carboxylic acids is 1. The van der Waals surface area contributed by atoms with Crippen LogP contribution < -0.4 is 10.6 Å². The number of aromatic nitrogens is 1. The number of hydrogen-bond acceptors (Lipinski definition) is 6. The fraction of sp³-hybridized carbons (Fsp3) is 0.714. The minimum atomic E-state index is -0.0271. The molecule has 0 aromatic carbocycles. The van der Waals surface area contributed by atoms with Gasteiger partial charge in [0.2, 0.25) is 0 Å². The molecule has 1 unspecified atom stereocenters. The van der Waals surface area contributed by atoms with Crippen molar-refractivity contribution in [2.45, 2.75) is 33.3 Å². The number of thiazole rings is 1.